The SMILES string of the molecule is C[C@]1(CO)[C@H]2CC[C@@]3(CO3)[C@@H](CCC3=CCOC3=O)[C@]2(C)CC[C@H]1O. The minimum atomic E-state index is -0.451. The monoisotopic (exact) mass is 350 g/mol. The molecule has 0 aromatic carbocycles. The zero-order valence-corrected chi connectivity index (χ0v) is 15.3. The molecule has 6 atom stereocenters. The Morgan fingerprint density at radius 1 is 1.28 bits per heavy atom. The van der Waals surface area contributed by atoms with Crippen LogP contribution in [-0.2, 0) is 14.3 Å². The highest BCUT2D eigenvalue weighted by Gasteiger charge is 2.66. The maximum Gasteiger partial charge on any atom is 0.334 e. The molecule has 0 amide bonds. The minimum Gasteiger partial charge on any atom is -0.458 e. The molecular weight excluding hydrogens is 320 g/mol. The molecule has 0 aromatic rings. The number of hydrogen-bond acceptors (Lipinski definition) is 5. The van der Waals surface area contributed by atoms with Gasteiger partial charge in [0.05, 0.1) is 24.9 Å². The van der Waals surface area contributed by atoms with Crippen LogP contribution in [0.5, 0.6) is 0 Å². The molecular formula is C20H30O5. The molecule has 0 aromatic heterocycles. The fourth-order valence-electron chi connectivity index (χ4n) is 6.32. The smallest absolute Gasteiger partial charge is 0.334 e. The van der Waals surface area contributed by atoms with Crippen molar-refractivity contribution >= 4 is 5.97 Å². The number of fused-ring (bicyclic) bond motifs is 1. The molecule has 2 heterocycles. The Labute approximate surface area is 149 Å². The van der Waals surface area contributed by atoms with Gasteiger partial charge in [0.15, 0.2) is 0 Å². The summed E-state index contributed by atoms with van der Waals surface area (Å²) in [4.78, 5) is 11.8. The summed E-state index contributed by atoms with van der Waals surface area (Å²) in [5, 5.41) is 20.7. The Morgan fingerprint density at radius 2 is 2.04 bits per heavy atom. The Kier molecular flexibility index (Phi) is 4.06. The number of cyclic esters (lactones) is 1. The first-order valence-electron chi connectivity index (χ1n) is 9.65. The van der Waals surface area contributed by atoms with Crippen molar-refractivity contribution in [2.45, 2.75) is 64.1 Å². The first kappa shape index (κ1) is 17.5. The van der Waals surface area contributed by atoms with Gasteiger partial charge in [-0.1, -0.05) is 13.8 Å². The number of aliphatic hydroxyl groups is 2. The van der Waals surface area contributed by atoms with Gasteiger partial charge in [0.25, 0.3) is 0 Å². The van der Waals surface area contributed by atoms with Crippen LogP contribution in [0.3, 0.4) is 0 Å². The Hall–Kier alpha value is -0.910. The highest BCUT2D eigenvalue weighted by atomic mass is 16.6. The van der Waals surface area contributed by atoms with E-state index in [0.717, 1.165) is 50.7 Å². The largest absolute Gasteiger partial charge is 0.458 e. The summed E-state index contributed by atoms with van der Waals surface area (Å²) in [7, 11) is 0. The number of epoxide rings is 1. The molecule has 5 nitrogen and oxygen atoms in total. The number of aliphatic hydroxyl groups excluding tert-OH is 2. The lowest BCUT2D eigenvalue weighted by atomic mass is 9.44. The second-order valence-electron chi connectivity index (χ2n) is 9.09. The van der Waals surface area contributed by atoms with Gasteiger partial charge in [-0.05, 0) is 61.9 Å². The van der Waals surface area contributed by atoms with Crippen molar-refractivity contribution in [3.8, 4) is 0 Å². The summed E-state index contributed by atoms with van der Waals surface area (Å²) in [5.74, 6) is 0.451. The van der Waals surface area contributed by atoms with Crippen LogP contribution in [0.1, 0.15) is 52.4 Å². The second-order valence-corrected chi connectivity index (χ2v) is 9.09. The molecule has 5 heteroatoms. The van der Waals surface area contributed by atoms with Crippen LogP contribution in [0.2, 0.25) is 0 Å². The molecule has 1 saturated heterocycles. The second kappa shape index (κ2) is 5.80. The molecule has 1 spiro atoms. The molecule has 2 N–H and O–H groups in total. The van der Waals surface area contributed by atoms with E-state index in [1.165, 1.54) is 0 Å². The fraction of sp³-hybridized carbons (Fsp3) is 0.850. The molecule has 2 aliphatic carbocycles. The first-order valence-corrected chi connectivity index (χ1v) is 9.65. The Morgan fingerprint density at radius 3 is 2.64 bits per heavy atom. The van der Waals surface area contributed by atoms with Crippen LogP contribution in [-0.4, -0.2) is 47.7 Å². The topological polar surface area (TPSA) is 79.3 Å². The van der Waals surface area contributed by atoms with Gasteiger partial charge < -0.3 is 19.7 Å². The van der Waals surface area contributed by atoms with Gasteiger partial charge >= 0.3 is 5.97 Å². The highest BCUT2D eigenvalue weighted by molar-refractivity contribution is 5.90. The molecule has 4 rings (SSSR count). The van der Waals surface area contributed by atoms with E-state index in [9.17, 15) is 15.0 Å². The lowest BCUT2D eigenvalue weighted by Crippen LogP contribution is -2.60. The molecule has 0 radical (unpaired) electrons. The third kappa shape index (κ3) is 2.50. The lowest BCUT2D eigenvalue weighted by Gasteiger charge is -2.61. The average Bonchev–Trinajstić information content (AvgIpc) is 3.24. The van der Waals surface area contributed by atoms with Gasteiger partial charge in [0, 0.05) is 11.0 Å². The minimum absolute atomic E-state index is 0.0203. The van der Waals surface area contributed by atoms with Crippen molar-refractivity contribution in [1.29, 1.82) is 0 Å². The number of carbonyl (C=O) groups is 1. The molecule has 25 heavy (non-hydrogen) atoms. The maximum absolute atomic E-state index is 11.8. The Bertz CT molecular complexity index is 595. The van der Waals surface area contributed by atoms with Crippen molar-refractivity contribution in [3.05, 3.63) is 11.6 Å². The van der Waals surface area contributed by atoms with Crippen LogP contribution < -0.4 is 0 Å². The van der Waals surface area contributed by atoms with E-state index in [-0.39, 0.29) is 29.5 Å². The number of esters is 1. The molecule has 0 bridgehead atoms. The van der Waals surface area contributed by atoms with Crippen LogP contribution >= 0.6 is 0 Å². The normalized spacial score (nSPS) is 48.9. The van der Waals surface area contributed by atoms with Gasteiger partial charge in [-0.3, -0.25) is 0 Å². The van der Waals surface area contributed by atoms with Crippen molar-refractivity contribution in [2.75, 3.05) is 19.8 Å². The van der Waals surface area contributed by atoms with Crippen LogP contribution in [0.15, 0.2) is 11.6 Å². The van der Waals surface area contributed by atoms with Crippen LogP contribution in [0, 0.1) is 22.7 Å². The quantitative estimate of drug-likeness (QED) is 0.600. The van der Waals surface area contributed by atoms with E-state index in [4.69, 9.17) is 9.47 Å². The summed E-state index contributed by atoms with van der Waals surface area (Å²) in [6, 6.07) is 0. The zero-order valence-electron chi connectivity index (χ0n) is 15.3. The van der Waals surface area contributed by atoms with E-state index in [2.05, 4.69) is 6.92 Å². The fourth-order valence-corrected chi connectivity index (χ4v) is 6.32. The predicted molar refractivity (Wildman–Crippen MR) is 91.7 cm³/mol. The van der Waals surface area contributed by atoms with Gasteiger partial charge in [0.1, 0.15) is 6.61 Å². The van der Waals surface area contributed by atoms with Gasteiger partial charge in [-0.2, -0.15) is 0 Å². The average molecular weight is 350 g/mol. The number of carbonyl (C=O) groups excluding carboxylic acids is 1. The molecule has 3 fully saturated rings. The number of hydrogen-bond donors (Lipinski definition) is 2. The third-order valence-corrected chi connectivity index (χ3v) is 7.96. The van der Waals surface area contributed by atoms with Gasteiger partial charge in [-0.15, -0.1) is 0 Å². The van der Waals surface area contributed by atoms with Crippen LogP contribution in [0.4, 0.5) is 0 Å². The van der Waals surface area contributed by atoms with Crippen molar-refractivity contribution in [1.82, 2.24) is 0 Å². The summed E-state index contributed by atoms with van der Waals surface area (Å²) < 4.78 is 11.0. The van der Waals surface area contributed by atoms with E-state index in [0.29, 0.717) is 12.5 Å². The van der Waals surface area contributed by atoms with Crippen molar-refractivity contribution < 1.29 is 24.5 Å². The number of rotatable bonds is 4. The zero-order chi connectivity index (χ0) is 17.9. The van der Waals surface area contributed by atoms with Gasteiger partial charge in [-0.25, -0.2) is 4.79 Å². The number of ether oxygens (including phenoxy) is 2. The highest BCUT2D eigenvalue weighted by Crippen LogP contribution is 2.66. The predicted octanol–water partition coefficient (Wildman–Crippen LogP) is 2.20. The van der Waals surface area contributed by atoms with E-state index >= 15 is 0 Å². The van der Waals surface area contributed by atoms with E-state index in [1.807, 2.05) is 13.0 Å². The molecule has 0 unspecified atom stereocenters. The molecule has 2 aliphatic heterocycles. The van der Waals surface area contributed by atoms with Crippen molar-refractivity contribution in [3.63, 3.8) is 0 Å². The summed E-state index contributed by atoms with van der Waals surface area (Å²) in [5.41, 5.74) is 0.316. The standard InChI is InChI=1S/C20H30O5/c1-18-8-6-16(22)19(2,11-21)14(18)5-9-20(12-25-20)15(18)4-3-13-7-10-24-17(13)23/h7,14-16,21-22H,3-6,8-12H2,1-2H3/t14-,15-,16+,18+,19-,20+/m0/s1. The third-order valence-electron chi connectivity index (χ3n) is 7.96. The van der Waals surface area contributed by atoms with E-state index in [1.54, 1.807) is 0 Å². The maximum atomic E-state index is 11.8. The summed E-state index contributed by atoms with van der Waals surface area (Å²) in [6.45, 7) is 5.59. The first-order chi connectivity index (χ1) is 11.9. The lowest BCUT2D eigenvalue weighted by molar-refractivity contribution is -0.176. The van der Waals surface area contributed by atoms with Crippen molar-refractivity contribution in [2.24, 2.45) is 22.7 Å². The molecule has 4 aliphatic rings. The Balaban J connectivity index is 1.60. The molecule has 140 valence electrons. The van der Waals surface area contributed by atoms with Gasteiger partial charge in [0.2, 0.25) is 0 Å². The van der Waals surface area contributed by atoms with E-state index < -0.39 is 11.5 Å². The summed E-state index contributed by atoms with van der Waals surface area (Å²) >= 11 is 0. The summed E-state index contributed by atoms with van der Waals surface area (Å²) in [6.07, 6.45) is 6.75. The van der Waals surface area contributed by atoms with Crippen LogP contribution in [0.25, 0.3) is 0 Å². The molecule has 2 saturated carbocycles.